The van der Waals surface area contributed by atoms with Crippen LogP contribution in [0.25, 0.3) is 0 Å². The molecule has 0 aliphatic carbocycles. The summed E-state index contributed by atoms with van der Waals surface area (Å²) in [5, 5.41) is 3.06. The monoisotopic (exact) mass is 675 g/mol. The molecule has 0 heterocycles. The van der Waals surface area contributed by atoms with Crippen LogP contribution in [0.3, 0.4) is 0 Å². The number of anilines is 1. The Balaban J connectivity index is 1.79. The average Bonchev–Trinajstić information content (AvgIpc) is 3.03. The summed E-state index contributed by atoms with van der Waals surface area (Å²) in [5.74, 6) is -0.783. The number of nitrogens with one attached hydrogen (secondary N) is 1. The van der Waals surface area contributed by atoms with E-state index in [0.717, 1.165) is 31.9 Å². The molecule has 44 heavy (non-hydrogen) atoms. The first kappa shape index (κ1) is 33.0. The Kier molecular flexibility index (Phi) is 11.4. The van der Waals surface area contributed by atoms with Gasteiger partial charge in [-0.3, -0.25) is 13.9 Å². The van der Waals surface area contributed by atoms with Gasteiger partial charge in [-0.1, -0.05) is 101 Å². The van der Waals surface area contributed by atoms with E-state index >= 15 is 0 Å². The second-order valence-electron chi connectivity index (χ2n) is 10.8. The van der Waals surface area contributed by atoms with Gasteiger partial charge in [0.15, 0.2) is 0 Å². The standard InChI is InChI=1S/C35H38BrN3O4S/c1-4-27(3)37-35(41)33(23-28-11-7-5-8-12-28)38(24-29-17-19-30(36)20-18-29)34(40)25-39(31-21-15-26(2)16-22-31)44(42,43)32-13-9-6-10-14-32/h5-22,27,33H,4,23-25H2,1-3H3,(H,37,41)/t27-,33+/m1/s1. The lowest BCUT2D eigenvalue weighted by Crippen LogP contribution is -2.54. The molecule has 0 unspecified atom stereocenters. The number of halogens is 1. The molecule has 7 nitrogen and oxygen atoms in total. The van der Waals surface area contributed by atoms with Gasteiger partial charge in [-0.05, 0) is 67.8 Å². The third kappa shape index (κ3) is 8.57. The van der Waals surface area contributed by atoms with Gasteiger partial charge in [-0.15, -0.1) is 0 Å². The molecule has 4 aromatic rings. The van der Waals surface area contributed by atoms with Crippen LogP contribution in [-0.4, -0.2) is 43.8 Å². The summed E-state index contributed by atoms with van der Waals surface area (Å²) in [5.41, 5.74) is 3.01. The third-order valence-corrected chi connectivity index (χ3v) is 9.79. The Bertz CT molecular complexity index is 1630. The molecule has 1 N–H and O–H groups in total. The lowest BCUT2D eigenvalue weighted by Gasteiger charge is -2.34. The molecule has 9 heteroatoms. The van der Waals surface area contributed by atoms with Crippen LogP contribution < -0.4 is 9.62 Å². The first-order valence-electron chi connectivity index (χ1n) is 14.6. The van der Waals surface area contributed by atoms with E-state index in [4.69, 9.17) is 0 Å². The predicted octanol–water partition coefficient (Wildman–Crippen LogP) is 6.51. The Hall–Kier alpha value is -3.95. The molecule has 0 aromatic heterocycles. The van der Waals surface area contributed by atoms with Crippen LogP contribution in [0, 0.1) is 6.92 Å². The molecule has 4 aromatic carbocycles. The Morgan fingerprint density at radius 2 is 1.41 bits per heavy atom. The van der Waals surface area contributed by atoms with E-state index in [1.165, 1.54) is 17.0 Å². The van der Waals surface area contributed by atoms with Crippen molar-refractivity contribution in [3.63, 3.8) is 0 Å². The summed E-state index contributed by atoms with van der Waals surface area (Å²) in [7, 11) is -4.12. The molecule has 0 saturated carbocycles. The Morgan fingerprint density at radius 1 is 0.818 bits per heavy atom. The van der Waals surface area contributed by atoms with Crippen molar-refractivity contribution in [2.24, 2.45) is 0 Å². The summed E-state index contributed by atoms with van der Waals surface area (Å²) in [6, 6.07) is 31.1. The van der Waals surface area contributed by atoms with Crippen molar-refractivity contribution < 1.29 is 18.0 Å². The van der Waals surface area contributed by atoms with Gasteiger partial charge in [-0.25, -0.2) is 8.42 Å². The zero-order chi connectivity index (χ0) is 31.7. The van der Waals surface area contributed by atoms with Gasteiger partial charge in [0, 0.05) is 23.5 Å². The van der Waals surface area contributed by atoms with Crippen molar-refractivity contribution in [3.05, 3.63) is 130 Å². The number of carbonyl (C=O) groups excluding carboxylic acids is 2. The smallest absolute Gasteiger partial charge is 0.264 e. The second kappa shape index (κ2) is 15.2. The van der Waals surface area contributed by atoms with Crippen molar-refractivity contribution in [1.29, 1.82) is 0 Å². The van der Waals surface area contributed by atoms with E-state index < -0.39 is 28.5 Å². The molecule has 0 bridgehead atoms. The molecule has 0 aliphatic rings. The fourth-order valence-electron chi connectivity index (χ4n) is 4.74. The van der Waals surface area contributed by atoms with E-state index in [2.05, 4.69) is 21.2 Å². The van der Waals surface area contributed by atoms with Crippen molar-refractivity contribution in [2.45, 2.75) is 57.1 Å². The molecule has 0 fully saturated rings. The van der Waals surface area contributed by atoms with Gasteiger partial charge >= 0.3 is 0 Å². The fourth-order valence-corrected chi connectivity index (χ4v) is 6.44. The zero-order valence-electron chi connectivity index (χ0n) is 25.2. The number of rotatable bonds is 13. The molecule has 4 rings (SSSR count). The molecule has 230 valence electrons. The van der Waals surface area contributed by atoms with Gasteiger partial charge < -0.3 is 10.2 Å². The highest BCUT2D eigenvalue weighted by Crippen LogP contribution is 2.25. The SMILES string of the molecule is CC[C@@H](C)NC(=O)[C@H](Cc1ccccc1)N(Cc1ccc(Br)cc1)C(=O)CN(c1ccc(C)cc1)S(=O)(=O)c1ccccc1. The number of amides is 2. The zero-order valence-corrected chi connectivity index (χ0v) is 27.6. The van der Waals surface area contributed by atoms with Gasteiger partial charge in [0.05, 0.1) is 10.6 Å². The number of nitrogens with zero attached hydrogens (tertiary/aromatic N) is 2. The van der Waals surface area contributed by atoms with Crippen LogP contribution in [0.15, 0.2) is 119 Å². The summed E-state index contributed by atoms with van der Waals surface area (Å²) >= 11 is 3.46. The third-order valence-electron chi connectivity index (χ3n) is 7.47. The van der Waals surface area contributed by atoms with E-state index in [1.807, 2.05) is 87.5 Å². The van der Waals surface area contributed by atoms with E-state index in [9.17, 15) is 18.0 Å². The van der Waals surface area contributed by atoms with Crippen molar-refractivity contribution in [3.8, 4) is 0 Å². The molecule has 2 atom stereocenters. The highest BCUT2D eigenvalue weighted by atomic mass is 79.9. The molecule has 0 aliphatic heterocycles. The summed E-state index contributed by atoms with van der Waals surface area (Å²) < 4.78 is 30.1. The molecule has 2 amide bonds. The minimum Gasteiger partial charge on any atom is -0.352 e. The van der Waals surface area contributed by atoms with Gasteiger partial charge in [0.25, 0.3) is 10.0 Å². The lowest BCUT2D eigenvalue weighted by molar-refractivity contribution is -0.140. The minimum atomic E-state index is -4.12. The maximum absolute atomic E-state index is 14.5. The normalized spacial score (nSPS) is 12.6. The molecular formula is C35H38BrN3O4S. The molecule has 0 radical (unpaired) electrons. The summed E-state index contributed by atoms with van der Waals surface area (Å²) in [4.78, 5) is 29.9. The number of sulfonamides is 1. The van der Waals surface area contributed by atoms with Crippen LogP contribution in [-0.2, 0) is 32.6 Å². The molecule has 0 saturated heterocycles. The van der Waals surface area contributed by atoms with Crippen LogP contribution >= 0.6 is 15.9 Å². The first-order chi connectivity index (χ1) is 21.1. The largest absolute Gasteiger partial charge is 0.352 e. The van der Waals surface area contributed by atoms with Gasteiger partial charge in [0.2, 0.25) is 11.8 Å². The fraction of sp³-hybridized carbons (Fsp3) is 0.257. The quantitative estimate of drug-likeness (QED) is 0.175. The van der Waals surface area contributed by atoms with Gasteiger partial charge in [0.1, 0.15) is 12.6 Å². The lowest BCUT2D eigenvalue weighted by atomic mass is 10.0. The Labute approximate surface area is 269 Å². The maximum Gasteiger partial charge on any atom is 0.264 e. The van der Waals surface area contributed by atoms with Crippen molar-refractivity contribution in [1.82, 2.24) is 10.2 Å². The first-order valence-corrected chi connectivity index (χ1v) is 16.8. The van der Waals surface area contributed by atoms with Crippen molar-refractivity contribution in [2.75, 3.05) is 10.8 Å². The molecular weight excluding hydrogens is 638 g/mol. The number of benzene rings is 4. The number of carbonyl (C=O) groups is 2. The summed E-state index contributed by atoms with van der Waals surface area (Å²) in [6.45, 7) is 5.44. The van der Waals surface area contributed by atoms with E-state index in [1.54, 1.807) is 30.3 Å². The number of hydrogen-bond donors (Lipinski definition) is 1. The van der Waals surface area contributed by atoms with Crippen LogP contribution in [0.2, 0.25) is 0 Å². The highest BCUT2D eigenvalue weighted by Gasteiger charge is 2.34. The highest BCUT2D eigenvalue weighted by molar-refractivity contribution is 9.10. The summed E-state index contributed by atoms with van der Waals surface area (Å²) in [6.07, 6.45) is 0.988. The number of aryl methyl sites for hydroxylation is 1. The van der Waals surface area contributed by atoms with Crippen LogP contribution in [0.1, 0.15) is 37.0 Å². The number of hydrogen-bond acceptors (Lipinski definition) is 4. The Morgan fingerprint density at radius 3 is 2.00 bits per heavy atom. The molecule has 0 spiro atoms. The van der Waals surface area contributed by atoms with Crippen LogP contribution in [0.4, 0.5) is 5.69 Å². The second-order valence-corrected chi connectivity index (χ2v) is 13.6. The van der Waals surface area contributed by atoms with Crippen molar-refractivity contribution >= 4 is 43.5 Å². The van der Waals surface area contributed by atoms with Gasteiger partial charge in [-0.2, -0.15) is 0 Å². The maximum atomic E-state index is 14.5. The van der Waals surface area contributed by atoms with E-state index in [-0.39, 0.29) is 29.8 Å². The minimum absolute atomic E-state index is 0.0724. The average molecular weight is 677 g/mol. The van der Waals surface area contributed by atoms with Crippen LogP contribution in [0.5, 0.6) is 0 Å². The predicted molar refractivity (Wildman–Crippen MR) is 179 cm³/mol. The topological polar surface area (TPSA) is 86.8 Å². The van der Waals surface area contributed by atoms with E-state index in [0.29, 0.717) is 5.69 Å².